The van der Waals surface area contributed by atoms with Crippen molar-refractivity contribution >= 4 is 22.6 Å². The second-order valence-corrected chi connectivity index (χ2v) is 5.52. The fraction of sp³-hybridized carbons (Fsp3) is 0.389. The molecule has 0 spiro atoms. The Morgan fingerprint density at radius 1 is 1.35 bits per heavy atom. The molecule has 0 bridgehead atoms. The lowest BCUT2D eigenvalue weighted by Gasteiger charge is -2.14. The molecule has 0 aliphatic rings. The van der Waals surface area contributed by atoms with Gasteiger partial charge in [-0.15, -0.1) is 0 Å². The largest absolute Gasteiger partial charge is 0.492 e. The van der Waals surface area contributed by atoms with Crippen LogP contribution in [0.5, 0.6) is 5.75 Å². The number of esters is 1. The second kappa shape index (κ2) is 6.77. The topological polar surface area (TPSA) is 52.5 Å². The van der Waals surface area contributed by atoms with Crippen molar-refractivity contribution in [1.29, 1.82) is 0 Å². The Balaban J connectivity index is 2.46. The molecule has 0 aliphatic carbocycles. The number of nitrogens with one attached hydrogen (secondary N) is 1. The average molecular weight is 316 g/mol. The van der Waals surface area contributed by atoms with E-state index in [-0.39, 0.29) is 5.97 Å². The number of hydrogen-bond acceptors (Lipinski definition) is 4. The van der Waals surface area contributed by atoms with E-state index in [0.29, 0.717) is 12.3 Å². The Morgan fingerprint density at radius 2 is 2.04 bits per heavy atom. The lowest BCUT2D eigenvalue weighted by Crippen LogP contribution is -2.05. The minimum atomic E-state index is -0.358. The first-order valence-electron chi connectivity index (χ1n) is 7.65. The number of hydrogen-bond donors (Lipinski definition) is 1. The summed E-state index contributed by atoms with van der Waals surface area (Å²) in [7, 11) is 3.68. The molecule has 1 aromatic carbocycles. The number of allylic oxidation sites excluding steroid dienone is 1. The quantitative estimate of drug-likeness (QED) is 0.675. The number of aromatic nitrogens is 1. The normalized spacial score (nSPS) is 11.7. The van der Waals surface area contributed by atoms with Crippen molar-refractivity contribution in [1.82, 2.24) is 4.57 Å². The molecule has 1 aromatic heterocycles. The van der Waals surface area contributed by atoms with Gasteiger partial charge in [-0.1, -0.05) is 6.07 Å². The molecule has 0 atom stereocenters. The first-order valence-corrected chi connectivity index (χ1v) is 7.65. The van der Waals surface area contributed by atoms with E-state index >= 15 is 0 Å². The molecule has 0 radical (unpaired) electrons. The molecule has 1 N–H and O–H groups in total. The molecule has 0 saturated carbocycles. The number of anilines is 1. The van der Waals surface area contributed by atoms with Gasteiger partial charge in [0.1, 0.15) is 0 Å². The maximum atomic E-state index is 11.5. The molecule has 2 aromatic rings. The van der Waals surface area contributed by atoms with Crippen LogP contribution < -0.4 is 10.1 Å². The summed E-state index contributed by atoms with van der Waals surface area (Å²) in [6.45, 7) is 8.16. The highest BCUT2D eigenvalue weighted by Crippen LogP contribution is 2.37. The molecule has 0 fully saturated rings. The predicted octanol–water partition coefficient (Wildman–Crippen LogP) is 3.68. The van der Waals surface area contributed by atoms with Gasteiger partial charge in [-0.25, -0.2) is 4.79 Å². The van der Waals surface area contributed by atoms with Gasteiger partial charge in [0.2, 0.25) is 0 Å². The number of methoxy groups -OCH3 is 1. The monoisotopic (exact) mass is 316 g/mol. The third kappa shape index (κ3) is 3.18. The fourth-order valence-corrected chi connectivity index (χ4v) is 2.74. The van der Waals surface area contributed by atoms with Crippen molar-refractivity contribution in [2.45, 2.75) is 27.7 Å². The molecule has 23 heavy (non-hydrogen) atoms. The van der Waals surface area contributed by atoms with Gasteiger partial charge in [0.15, 0.2) is 5.75 Å². The van der Waals surface area contributed by atoms with Gasteiger partial charge >= 0.3 is 5.97 Å². The van der Waals surface area contributed by atoms with E-state index < -0.39 is 0 Å². The fourth-order valence-electron chi connectivity index (χ4n) is 2.74. The van der Waals surface area contributed by atoms with Crippen molar-refractivity contribution in [2.24, 2.45) is 7.05 Å². The highest BCUT2D eigenvalue weighted by atomic mass is 16.5. The molecular weight excluding hydrogens is 292 g/mol. The van der Waals surface area contributed by atoms with Crippen LogP contribution in [0.1, 0.15) is 25.1 Å². The third-order valence-corrected chi connectivity index (χ3v) is 4.07. The van der Waals surface area contributed by atoms with Gasteiger partial charge < -0.3 is 19.4 Å². The average Bonchev–Trinajstić information content (AvgIpc) is 2.72. The number of benzene rings is 1. The van der Waals surface area contributed by atoms with E-state index in [9.17, 15) is 4.79 Å². The van der Waals surface area contributed by atoms with E-state index in [1.54, 1.807) is 14.0 Å². The second-order valence-electron chi connectivity index (χ2n) is 5.52. The van der Waals surface area contributed by atoms with Crippen molar-refractivity contribution in [3.05, 3.63) is 35.2 Å². The molecule has 0 unspecified atom stereocenters. The SMILES string of the molecule is CCOC(=O)/C=C(/C)Nc1ccc2c(C)c(C)n(C)c2c1OC. The van der Waals surface area contributed by atoms with Crippen molar-refractivity contribution in [2.75, 3.05) is 19.0 Å². The number of nitrogens with zero attached hydrogens (tertiary/aromatic N) is 1. The Kier molecular flexibility index (Phi) is 4.98. The highest BCUT2D eigenvalue weighted by Gasteiger charge is 2.16. The van der Waals surface area contributed by atoms with Crippen LogP contribution in [-0.2, 0) is 16.6 Å². The molecule has 1 heterocycles. The van der Waals surface area contributed by atoms with Gasteiger partial charge in [-0.3, -0.25) is 0 Å². The molecule has 2 rings (SSSR count). The molecule has 124 valence electrons. The summed E-state index contributed by atoms with van der Waals surface area (Å²) in [4.78, 5) is 11.5. The number of rotatable bonds is 5. The van der Waals surface area contributed by atoms with E-state index in [4.69, 9.17) is 9.47 Å². The van der Waals surface area contributed by atoms with Gasteiger partial charge in [-0.05, 0) is 39.3 Å². The van der Waals surface area contributed by atoms with Gasteiger partial charge in [0, 0.05) is 29.9 Å². The van der Waals surface area contributed by atoms with Crippen LogP contribution in [0.3, 0.4) is 0 Å². The minimum absolute atomic E-state index is 0.358. The first kappa shape index (κ1) is 16.9. The van der Waals surface area contributed by atoms with Crippen LogP contribution in [0.25, 0.3) is 10.9 Å². The van der Waals surface area contributed by atoms with Crippen LogP contribution in [0.4, 0.5) is 5.69 Å². The molecule has 0 saturated heterocycles. The smallest absolute Gasteiger partial charge is 0.332 e. The summed E-state index contributed by atoms with van der Waals surface area (Å²) in [5.74, 6) is 0.404. The van der Waals surface area contributed by atoms with E-state index in [1.807, 2.05) is 20.0 Å². The van der Waals surface area contributed by atoms with Crippen LogP contribution in [-0.4, -0.2) is 24.3 Å². The summed E-state index contributed by atoms with van der Waals surface area (Å²) >= 11 is 0. The van der Waals surface area contributed by atoms with Crippen LogP contribution in [0, 0.1) is 13.8 Å². The van der Waals surface area contributed by atoms with Crippen LogP contribution in [0.15, 0.2) is 23.9 Å². The summed E-state index contributed by atoms with van der Waals surface area (Å²) in [6, 6.07) is 4.04. The van der Waals surface area contributed by atoms with Crippen molar-refractivity contribution < 1.29 is 14.3 Å². The van der Waals surface area contributed by atoms with E-state index in [0.717, 1.165) is 17.0 Å². The number of fused-ring (bicyclic) bond motifs is 1. The summed E-state index contributed by atoms with van der Waals surface area (Å²) in [5.41, 5.74) is 5.00. The van der Waals surface area contributed by atoms with E-state index in [2.05, 4.69) is 29.8 Å². The molecule has 5 nitrogen and oxygen atoms in total. The summed E-state index contributed by atoms with van der Waals surface area (Å²) < 4.78 is 12.7. The Labute approximate surface area is 136 Å². The predicted molar refractivity (Wildman–Crippen MR) is 93.0 cm³/mol. The lowest BCUT2D eigenvalue weighted by molar-refractivity contribution is -0.137. The lowest BCUT2D eigenvalue weighted by atomic mass is 10.1. The maximum Gasteiger partial charge on any atom is 0.332 e. The number of aryl methyl sites for hydroxylation is 2. The summed E-state index contributed by atoms with van der Waals surface area (Å²) in [6.07, 6.45) is 1.44. The zero-order valence-electron chi connectivity index (χ0n) is 14.6. The Bertz CT molecular complexity index is 772. The number of carbonyl (C=O) groups excluding carboxylic acids is 1. The standard InChI is InChI=1S/C18H24N2O3/c1-7-23-16(21)10-11(2)19-15-9-8-14-12(3)13(4)20(5)17(14)18(15)22-6/h8-10,19H,7H2,1-6H3/b11-10-. The molecule has 5 heteroatoms. The number of carbonyl (C=O) groups is 1. The summed E-state index contributed by atoms with van der Waals surface area (Å²) in [5, 5.41) is 4.39. The zero-order chi connectivity index (χ0) is 17.1. The Morgan fingerprint density at radius 3 is 2.65 bits per heavy atom. The maximum absolute atomic E-state index is 11.5. The molecule has 0 amide bonds. The van der Waals surface area contributed by atoms with Gasteiger partial charge in [0.05, 0.1) is 24.9 Å². The minimum Gasteiger partial charge on any atom is -0.492 e. The van der Waals surface area contributed by atoms with Crippen LogP contribution in [0.2, 0.25) is 0 Å². The highest BCUT2D eigenvalue weighted by molar-refractivity contribution is 5.95. The molecular formula is C18H24N2O3. The van der Waals surface area contributed by atoms with Crippen LogP contribution >= 0.6 is 0 Å². The van der Waals surface area contributed by atoms with Gasteiger partial charge in [0.25, 0.3) is 0 Å². The third-order valence-electron chi connectivity index (χ3n) is 4.07. The van der Waals surface area contributed by atoms with E-state index in [1.165, 1.54) is 22.7 Å². The van der Waals surface area contributed by atoms with Crippen molar-refractivity contribution in [3.63, 3.8) is 0 Å². The first-order chi connectivity index (χ1) is 10.9. The van der Waals surface area contributed by atoms with Crippen molar-refractivity contribution in [3.8, 4) is 5.75 Å². The Hall–Kier alpha value is -2.43. The molecule has 0 aliphatic heterocycles. The van der Waals surface area contributed by atoms with Gasteiger partial charge in [-0.2, -0.15) is 0 Å². The number of ether oxygens (including phenoxy) is 2. The zero-order valence-corrected chi connectivity index (χ0v) is 14.6.